The maximum atomic E-state index is 8.69. The van der Waals surface area contributed by atoms with E-state index in [0.29, 0.717) is 0 Å². The summed E-state index contributed by atoms with van der Waals surface area (Å²) in [6.07, 6.45) is 0. The number of hydrogen-bond acceptors (Lipinski definition) is 6. The molecule has 0 atom stereocenters. The van der Waals surface area contributed by atoms with Crippen LogP contribution in [0.4, 0.5) is 0 Å². The van der Waals surface area contributed by atoms with E-state index >= 15 is 0 Å². The summed E-state index contributed by atoms with van der Waals surface area (Å²) in [6.45, 7) is 0. The van der Waals surface area contributed by atoms with E-state index in [-0.39, 0.29) is 48.0 Å². The van der Waals surface area contributed by atoms with E-state index in [1.165, 1.54) is 24.3 Å². The second-order valence-electron chi connectivity index (χ2n) is 3.35. The van der Waals surface area contributed by atoms with E-state index in [2.05, 4.69) is 0 Å². The molecule has 2 rings (SSSR count). The lowest BCUT2D eigenvalue weighted by molar-refractivity contribution is 0.396. The minimum Gasteiger partial charge on any atom is -0.508 e. The van der Waals surface area contributed by atoms with Gasteiger partial charge in [-0.1, -0.05) is 0 Å². The molecule has 19 heavy (non-hydrogen) atoms. The smallest absolute Gasteiger partial charge is 0.161 e. The summed E-state index contributed by atoms with van der Waals surface area (Å²) in [5, 5.41) is 52.1. The molecule has 6 nitrogen and oxygen atoms in total. The van der Waals surface area contributed by atoms with Gasteiger partial charge in [0.05, 0.1) is 0 Å². The minimum atomic E-state index is -0.310. The standard InChI is InChI=1S/2C6H6O3.H2S/c2*7-4-1-2-5(8)6(9)3-4;/h2*1-3,7-9H;1H2. The largest absolute Gasteiger partial charge is 0.508 e. The fourth-order valence-corrected chi connectivity index (χ4v) is 1.02. The molecule has 0 aliphatic rings. The Kier molecular flexibility index (Phi) is 6.22. The second-order valence-corrected chi connectivity index (χ2v) is 3.35. The molecule has 2 aromatic carbocycles. The molecule has 0 amide bonds. The first kappa shape index (κ1) is 16.6. The lowest BCUT2D eigenvalue weighted by Gasteiger charge is -1.95. The van der Waals surface area contributed by atoms with Crippen molar-refractivity contribution in [3.8, 4) is 34.5 Å². The Morgan fingerprint density at radius 3 is 1.00 bits per heavy atom. The summed E-state index contributed by atoms with van der Waals surface area (Å²) in [6, 6.07) is 7.13. The average molecular weight is 286 g/mol. The molecule has 0 unspecified atom stereocenters. The van der Waals surface area contributed by atoms with Gasteiger partial charge in [0.15, 0.2) is 23.0 Å². The Labute approximate surface area is 115 Å². The molecule has 0 bridgehead atoms. The highest BCUT2D eigenvalue weighted by Gasteiger charge is 1.97. The van der Waals surface area contributed by atoms with Gasteiger partial charge in [0.25, 0.3) is 0 Å². The molecule has 0 fully saturated rings. The van der Waals surface area contributed by atoms with Crippen molar-refractivity contribution in [3.05, 3.63) is 36.4 Å². The summed E-state index contributed by atoms with van der Waals surface area (Å²) in [7, 11) is 0. The van der Waals surface area contributed by atoms with E-state index in [1.807, 2.05) is 0 Å². The predicted molar refractivity (Wildman–Crippen MR) is 73.3 cm³/mol. The monoisotopic (exact) mass is 286 g/mol. The van der Waals surface area contributed by atoms with Crippen LogP contribution in [0.3, 0.4) is 0 Å². The summed E-state index contributed by atoms with van der Waals surface area (Å²) in [5.41, 5.74) is 0. The van der Waals surface area contributed by atoms with E-state index in [0.717, 1.165) is 12.1 Å². The molecule has 6 N–H and O–H groups in total. The zero-order valence-corrected chi connectivity index (χ0v) is 10.6. The fourth-order valence-electron chi connectivity index (χ4n) is 1.02. The van der Waals surface area contributed by atoms with Gasteiger partial charge >= 0.3 is 0 Å². The van der Waals surface area contributed by atoms with Crippen LogP contribution in [-0.4, -0.2) is 30.6 Å². The van der Waals surface area contributed by atoms with Crippen molar-refractivity contribution in [1.82, 2.24) is 0 Å². The first-order valence-corrected chi connectivity index (χ1v) is 4.82. The molecule has 0 radical (unpaired) electrons. The van der Waals surface area contributed by atoms with Gasteiger partial charge in [-0.25, -0.2) is 0 Å². The van der Waals surface area contributed by atoms with Crippen molar-refractivity contribution in [2.75, 3.05) is 0 Å². The number of aromatic hydroxyl groups is 6. The third kappa shape index (κ3) is 5.17. The summed E-state index contributed by atoms with van der Waals surface area (Å²) in [4.78, 5) is 0. The molecule has 0 saturated heterocycles. The highest BCUT2D eigenvalue weighted by Crippen LogP contribution is 2.28. The molecule has 7 heteroatoms. The van der Waals surface area contributed by atoms with Crippen molar-refractivity contribution in [2.45, 2.75) is 0 Å². The normalized spacial score (nSPS) is 8.84. The molecule has 0 spiro atoms. The number of hydrogen-bond donors (Lipinski definition) is 6. The van der Waals surface area contributed by atoms with Crippen LogP contribution in [-0.2, 0) is 0 Å². The van der Waals surface area contributed by atoms with Gasteiger partial charge in [-0.3, -0.25) is 0 Å². The predicted octanol–water partition coefficient (Wildman–Crippen LogP) is 1.72. The van der Waals surface area contributed by atoms with Crippen LogP contribution >= 0.6 is 13.5 Å². The Morgan fingerprint density at radius 1 is 0.474 bits per heavy atom. The SMILES string of the molecule is Oc1ccc(O)c(O)c1.Oc1ccc(O)c(O)c1.S. The zero-order valence-electron chi connectivity index (χ0n) is 9.65. The summed E-state index contributed by atoms with van der Waals surface area (Å²) >= 11 is 0. The number of phenolic OH excluding ortho intramolecular Hbond substituents is 6. The van der Waals surface area contributed by atoms with Crippen LogP contribution in [0.5, 0.6) is 34.5 Å². The maximum absolute atomic E-state index is 8.69. The van der Waals surface area contributed by atoms with Gasteiger partial charge in [0.2, 0.25) is 0 Å². The Hall–Kier alpha value is -2.41. The highest BCUT2D eigenvalue weighted by molar-refractivity contribution is 7.59. The molecule has 2 aromatic rings. The van der Waals surface area contributed by atoms with E-state index in [9.17, 15) is 0 Å². The van der Waals surface area contributed by atoms with Crippen LogP contribution in [0.1, 0.15) is 0 Å². The lowest BCUT2D eigenvalue weighted by Crippen LogP contribution is -1.66. The minimum absolute atomic E-state index is 0. The zero-order chi connectivity index (χ0) is 13.7. The molecule has 0 aromatic heterocycles. The Morgan fingerprint density at radius 2 is 0.789 bits per heavy atom. The third-order valence-corrected chi connectivity index (χ3v) is 1.92. The molecular weight excluding hydrogens is 272 g/mol. The molecule has 104 valence electrons. The number of phenols is 6. The van der Waals surface area contributed by atoms with Crippen molar-refractivity contribution in [1.29, 1.82) is 0 Å². The second kappa shape index (κ2) is 7.12. The number of benzene rings is 2. The van der Waals surface area contributed by atoms with Crippen molar-refractivity contribution >= 4 is 13.5 Å². The van der Waals surface area contributed by atoms with Gasteiger partial charge in [-0.05, 0) is 24.3 Å². The average Bonchev–Trinajstić information content (AvgIpc) is 2.30. The van der Waals surface area contributed by atoms with Crippen LogP contribution < -0.4 is 0 Å². The van der Waals surface area contributed by atoms with E-state index in [4.69, 9.17) is 30.6 Å². The van der Waals surface area contributed by atoms with Crippen molar-refractivity contribution in [3.63, 3.8) is 0 Å². The van der Waals surface area contributed by atoms with Gasteiger partial charge in [0.1, 0.15) is 11.5 Å². The fraction of sp³-hybridized carbons (Fsp3) is 0. The Balaban J connectivity index is 0.000000324. The van der Waals surface area contributed by atoms with Crippen molar-refractivity contribution in [2.24, 2.45) is 0 Å². The summed E-state index contributed by atoms with van der Waals surface area (Å²) in [5.74, 6) is -1.21. The first-order chi connectivity index (χ1) is 8.40. The summed E-state index contributed by atoms with van der Waals surface area (Å²) < 4.78 is 0. The third-order valence-electron chi connectivity index (χ3n) is 1.92. The molecule has 0 aliphatic carbocycles. The van der Waals surface area contributed by atoms with E-state index < -0.39 is 0 Å². The van der Waals surface area contributed by atoms with E-state index in [1.54, 1.807) is 0 Å². The van der Waals surface area contributed by atoms with Gasteiger partial charge in [-0.15, -0.1) is 0 Å². The van der Waals surface area contributed by atoms with Crippen LogP contribution in [0, 0.1) is 0 Å². The van der Waals surface area contributed by atoms with Crippen LogP contribution in [0.15, 0.2) is 36.4 Å². The quantitative estimate of drug-likeness (QED) is 0.324. The molecule has 0 aliphatic heterocycles. The first-order valence-electron chi connectivity index (χ1n) is 4.82. The molecular formula is C12H14O6S. The maximum Gasteiger partial charge on any atom is 0.161 e. The van der Waals surface area contributed by atoms with Crippen LogP contribution in [0.2, 0.25) is 0 Å². The Bertz CT molecular complexity index is 494. The van der Waals surface area contributed by atoms with Crippen molar-refractivity contribution < 1.29 is 30.6 Å². The molecule has 0 saturated carbocycles. The number of rotatable bonds is 0. The topological polar surface area (TPSA) is 121 Å². The highest BCUT2D eigenvalue weighted by atomic mass is 32.1. The van der Waals surface area contributed by atoms with Gasteiger partial charge in [-0.2, -0.15) is 13.5 Å². The van der Waals surface area contributed by atoms with Gasteiger partial charge in [0, 0.05) is 12.1 Å². The lowest BCUT2D eigenvalue weighted by atomic mass is 10.3. The van der Waals surface area contributed by atoms with Gasteiger partial charge < -0.3 is 30.6 Å². The molecule has 0 heterocycles. The van der Waals surface area contributed by atoms with Crippen LogP contribution in [0.25, 0.3) is 0 Å².